The highest BCUT2D eigenvalue weighted by Gasteiger charge is 2.28. The van der Waals surface area contributed by atoms with Crippen molar-refractivity contribution in [1.29, 1.82) is 0 Å². The summed E-state index contributed by atoms with van der Waals surface area (Å²) in [7, 11) is 6.36. The van der Waals surface area contributed by atoms with Crippen LogP contribution in [0.3, 0.4) is 0 Å². The summed E-state index contributed by atoms with van der Waals surface area (Å²) < 4.78 is 24.5. The van der Waals surface area contributed by atoms with Crippen molar-refractivity contribution < 1.29 is 18.9 Å². The van der Waals surface area contributed by atoms with E-state index in [1.165, 1.54) is 24.0 Å². The van der Waals surface area contributed by atoms with Crippen LogP contribution in [0.15, 0.2) is 107 Å². The van der Waals surface area contributed by atoms with Crippen LogP contribution >= 0.6 is 0 Å². The average Bonchev–Trinajstić information content (AvgIpc) is 3.59. The summed E-state index contributed by atoms with van der Waals surface area (Å²) in [6.07, 6.45) is 12.7. The lowest BCUT2D eigenvalue weighted by Crippen LogP contribution is -2.32. The fourth-order valence-electron chi connectivity index (χ4n) is 7.67. The summed E-state index contributed by atoms with van der Waals surface area (Å²) in [5.41, 5.74) is 8.51. The van der Waals surface area contributed by atoms with E-state index < -0.39 is 0 Å². The lowest BCUT2D eigenvalue weighted by Gasteiger charge is -2.21. The summed E-state index contributed by atoms with van der Waals surface area (Å²) in [6.45, 7) is 1.81. The zero-order valence-corrected chi connectivity index (χ0v) is 31.9. The Morgan fingerprint density at radius 3 is 1.66 bits per heavy atom. The number of hydrogen-bond acceptors (Lipinski definition) is 10. The number of aromatic nitrogens is 4. The first-order valence-electron chi connectivity index (χ1n) is 18.7. The van der Waals surface area contributed by atoms with Gasteiger partial charge in [-0.3, -0.25) is 18.4 Å². The Morgan fingerprint density at radius 2 is 1.16 bits per heavy atom. The second-order valence-electron chi connectivity index (χ2n) is 14.0. The van der Waals surface area contributed by atoms with Gasteiger partial charge in [0, 0.05) is 54.3 Å². The quantitative estimate of drug-likeness (QED) is 0.190. The number of methoxy groups -OCH3 is 4. The predicted octanol–water partition coefficient (Wildman–Crippen LogP) is 6.04. The number of nitrogens with one attached hydrogen (secondary N) is 2. The number of ether oxygens (including phenoxy) is 4. The molecule has 0 amide bonds. The molecule has 2 N–H and O–H groups in total. The normalized spacial score (nSPS) is 17.4. The molecule has 2 aromatic carbocycles. The van der Waals surface area contributed by atoms with Crippen molar-refractivity contribution in [2.45, 2.75) is 37.8 Å². The smallest absolute Gasteiger partial charge is 0.258 e. The van der Waals surface area contributed by atoms with Gasteiger partial charge in [-0.05, 0) is 115 Å². The summed E-state index contributed by atoms with van der Waals surface area (Å²) in [4.78, 5) is 34.9. The van der Waals surface area contributed by atoms with Crippen LogP contribution in [0.5, 0.6) is 23.0 Å². The number of rotatable bonds is 8. The maximum atomic E-state index is 12.9. The molecule has 12 heteroatoms. The second kappa shape index (κ2) is 15.9. The minimum atomic E-state index is -0.115. The molecule has 12 nitrogen and oxygen atoms in total. The molecule has 286 valence electrons. The SMILES string of the molecule is COc1ccc(-c2cc(=O)n3cc(C4=CCCNC4)ccc3n2)cc1OC.COc1ccc(-c2cc(=O)n3cc(C4=C[C@H]5CC[C@@H](C4)N5)ccc3n2)cc1OC. The van der Waals surface area contributed by atoms with Gasteiger partial charge < -0.3 is 29.6 Å². The fourth-order valence-corrected chi connectivity index (χ4v) is 7.67. The highest BCUT2D eigenvalue weighted by Crippen LogP contribution is 2.34. The van der Waals surface area contributed by atoms with Crippen LogP contribution in [0.1, 0.15) is 36.8 Å². The lowest BCUT2D eigenvalue weighted by molar-refractivity contribution is 0.355. The Balaban J connectivity index is 0.000000158. The molecule has 0 unspecified atom stereocenters. The topological polar surface area (TPSA) is 130 Å². The fraction of sp³-hybridized carbons (Fsp3) is 0.273. The Kier molecular flexibility index (Phi) is 10.4. The third-order valence-corrected chi connectivity index (χ3v) is 10.6. The number of pyridine rings is 2. The highest BCUT2D eigenvalue weighted by atomic mass is 16.5. The molecule has 9 rings (SSSR count). The van der Waals surface area contributed by atoms with E-state index in [0.29, 0.717) is 57.8 Å². The van der Waals surface area contributed by atoms with Crippen molar-refractivity contribution in [1.82, 2.24) is 29.4 Å². The molecule has 3 aliphatic rings. The van der Waals surface area contributed by atoms with Crippen LogP contribution in [-0.2, 0) is 0 Å². The summed E-state index contributed by atoms with van der Waals surface area (Å²) in [5.74, 6) is 2.49. The van der Waals surface area contributed by atoms with Gasteiger partial charge in [-0.25, -0.2) is 9.97 Å². The molecule has 3 aliphatic heterocycles. The Morgan fingerprint density at radius 1 is 0.625 bits per heavy atom. The van der Waals surface area contributed by atoms with Gasteiger partial charge in [-0.15, -0.1) is 0 Å². The second-order valence-corrected chi connectivity index (χ2v) is 14.0. The minimum Gasteiger partial charge on any atom is -0.493 e. The van der Waals surface area contributed by atoms with Crippen molar-refractivity contribution in [3.8, 4) is 45.5 Å². The van der Waals surface area contributed by atoms with E-state index in [0.717, 1.165) is 48.2 Å². The zero-order chi connectivity index (χ0) is 38.8. The van der Waals surface area contributed by atoms with Crippen molar-refractivity contribution in [3.05, 3.63) is 129 Å². The third-order valence-electron chi connectivity index (χ3n) is 10.6. The van der Waals surface area contributed by atoms with Gasteiger partial charge >= 0.3 is 0 Å². The number of nitrogens with zero attached hydrogens (tertiary/aromatic N) is 4. The lowest BCUT2D eigenvalue weighted by atomic mass is 9.97. The molecule has 0 saturated carbocycles. The Labute approximate surface area is 324 Å². The van der Waals surface area contributed by atoms with Gasteiger partial charge in [0.15, 0.2) is 23.0 Å². The van der Waals surface area contributed by atoms with E-state index in [-0.39, 0.29) is 11.1 Å². The van der Waals surface area contributed by atoms with E-state index in [1.807, 2.05) is 67.0 Å². The monoisotopic (exact) mass is 752 g/mol. The molecule has 2 atom stereocenters. The molecule has 6 aromatic rings. The molecule has 0 aliphatic carbocycles. The Bertz CT molecular complexity index is 2630. The first-order chi connectivity index (χ1) is 27.3. The first kappa shape index (κ1) is 36.7. The molecular formula is C44H44N6O6. The van der Waals surface area contributed by atoms with Gasteiger partial charge in [0.2, 0.25) is 0 Å². The largest absolute Gasteiger partial charge is 0.493 e. The van der Waals surface area contributed by atoms with E-state index in [9.17, 15) is 9.59 Å². The molecule has 0 spiro atoms. The standard InChI is InChI=1S/C23H23N3O3.C21H21N3O3/c1-28-20-7-3-14(11-21(20)29-2)19-12-23(27)26-13-15(4-8-22(26)25-19)16-9-17-5-6-18(10-16)24-17;1-26-18-7-5-14(10-19(18)27-2)17-11-21(25)24-13-16(6-8-20(24)23-17)15-4-3-9-22-12-15/h3-4,7-9,11-13,17-18,24H,5-6,10H2,1-2H3;4-8,10-11,13,22H,3,9,12H2,1-2H3/t17-,18+;/m1./s1. The van der Waals surface area contributed by atoms with E-state index in [1.54, 1.807) is 49.4 Å². The van der Waals surface area contributed by atoms with Crippen LogP contribution in [0, 0.1) is 0 Å². The highest BCUT2D eigenvalue weighted by molar-refractivity contribution is 5.71. The maximum absolute atomic E-state index is 12.9. The number of hydrogen-bond donors (Lipinski definition) is 2. The zero-order valence-electron chi connectivity index (χ0n) is 31.9. The molecule has 2 bridgehead atoms. The molecular weight excluding hydrogens is 709 g/mol. The third kappa shape index (κ3) is 7.40. The van der Waals surface area contributed by atoms with Crippen molar-refractivity contribution >= 4 is 22.4 Å². The van der Waals surface area contributed by atoms with Crippen LogP contribution in [0.2, 0.25) is 0 Å². The van der Waals surface area contributed by atoms with Crippen LogP contribution in [0.4, 0.5) is 0 Å². The molecule has 4 aromatic heterocycles. The van der Waals surface area contributed by atoms with Crippen LogP contribution in [-0.4, -0.2) is 72.4 Å². The molecule has 7 heterocycles. The average molecular weight is 753 g/mol. The number of fused-ring (bicyclic) bond motifs is 4. The van der Waals surface area contributed by atoms with Gasteiger partial charge in [0.05, 0.1) is 39.8 Å². The van der Waals surface area contributed by atoms with Gasteiger partial charge in [0.1, 0.15) is 11.3 Å². The first-order valence-corrected chi connectivity index (χ1v) is 18.7. The van der Waals surface area contributed by atoms with E-state index in [4.69, 9.17) is 23.9 Å². The maximum Gasteiger partial charge on any atom is 0.258 e. The van der Waals surface area contributed by atoms with Gasteiger partial charge in [-0.2, -0.15) is 0 Å². The van der Waals surface area contributed by atoms with E-state index in [2.05, 4.69) is 33.8 Å². The van der Waals surface area contributed by atoms with Crippen LogP contribution in [0.25, 0.3) is 45.0 Å². The van der Waals surface area contributed by atoms with Gasteiger partial charge in [-0.1, -0.05) is 12.2 Å². The van der Waals surface area contributed by atoms with E-state index >= 15 is 0 Å². The van der Waals surface area contributed by atoms with Crippen molar-refractivity contribution in [2.24, 2.45) is 0 Å². The number of benzene rings is 2. The summed E-state index contributed by atoms with van der Waals surface area (Å²) >= 11 is 0. The molecule has 1 saturated heterocycles. The minimum absolute atomic E-state index is 0.0980. The predicted molar refractivity (Wildman–Crippen MR) is 218 cm³/mol. The van der Waals surface area contributed by atoms with Crippen LogP contribution < -0.4 is 40.7 Å². The summed E-state index contributed by atoms with van der Waals surface area (Å²) in [5, 5.41) is 6.96. The summed E-state index contributed by atoms with van der Waals surface area (Å²) in [6, 6.07) is 23.0. The van der Waals surface area contributed by atoms with Crippen molar-refractivity contribution in [3.63, 3.8) is 0 Å². The van der Waals surface area contributed by atoms with Crippen molar-refractivity contribution in [2.75, 3.05) is 41.5 Å². The molecule has 0 radical (unpaired) electrons. The Hall–Kier alpha value is -6.24. The molecule has 56 heavy (non-hydrogen) atoms. The molecule has 1 fully saturated rings. The van der Waals surface area contributed by atoms with Gasteiger partial charge in [0.25, 0.3) is 11.1 Å².